The molecule has 0 saturated carbocycles. The Bertz CT molecular complexity index is 424. The summed E-state index contributed by atoms with van der Waals surface area (Å²) in [6.07, 6.45) is 1.48. The van der Waals surface area contributed by atoms with E-state index in [9.17, 15) is 13.6 Å². The van der Waals surface area contributed by atoms with Crippen molar-refractivity contribution in [2.75, 3.05) is 6.61 Å². The molecule has 1 atom stereocenters. The summed E-state index contributed by atoms with van der Waals surface area (Å²) >= 11 is 0. The molecule has 0 bridgehead atoms. The van der Waals surface area contributed by atoms with Gasteiger partial charge in [0.15, 0.2) is 11.6 Å². The van der Waals surface area contributed by atoms with Gasteiger partial charge in [-0.3, -0.25) is 4.79 Å². The number of benzene rings is 1. The number of aliphatic hydroxyl groups excluding tert-OH is 1. The normalized spacial score (nSPS) is 12.2. The van der Waals surface area contributed by atoms with Gasteiger partial charge in [0.25, 0.3) is 0 Å². The summed E-state index contributed by atoms with van der Waals surface area (Å²) < 4.78 is 26.3. The highest BCUT2D eigenvalue weighted by molar-refractivity contribution is 5.76. The molecule has 1 unspecified atom stereocenters. The first kappa shape index (κ1) is 15.6. The molecule has 1 aromatic rings. The van der Waals surface area contributed by atoms with Gasteiger partial charge in [-0.25, -0.2) is 8.78 Å². The number of carbonyl (C=O) groups is 1. The molecule has 1 aromatic carbocycles. The summed E-state index contributed by atoms with van der Waals surface area (Å²) in [5.41, 5.74) is 0.199. The fourth-order valence-electron chi connectivity index (χ4n) is 1.82. The third-order valence-electron chi connectivity index (χ3n) is 2.99. The maximum atomic E-state index is 13.4. The van der Waals surface area contributed by atoms with Gasteiger partial charge in [0.1, 0.15) is 0 Å². The smallest absolute Gasteiger partial charge is 0.220 e. The van der Waals surface area contributed by atoms with Crippen LogP contribution in [0.3, 0.4) is 0 Å². The van der Waals surface area contributed by atoms with Crippen molar-refractivity contribution < 1.29 is 18.7 Å². The Morgan fingerprint density at radius 3 is 2.79 bits per heavy atom. The van der Waals surface area contributed by atoms with Crippen molar-refractivity contribution in [3.63, 3.8) is 0 Å². The monoisotopic (exact) mass is 271 g/mol. The lowest BCUT2D eigenvalue weighted by Crippen LogP contribution is -2.35. The van der Waals surface area contributed by atoms with Crippen LogP contribution in [0, 0.1) is 11.6 Å². The van der Waals surface area contributed by atoms with Gasteiger partial charge in [0, 0.05) is 19.1 Å². The summed E-state index contributed by atoms with van der Waals surface area (Å²) in [4.78, 5) is 11.6. The number of aryl methyl sites for hydroxylation is 1. The summed E-state index contributed by atoms with van der Waals surface area (Å²) in [5, 5.41) is 11.6. The van der Waals surface area contributed by atoms with Gasteiger partial charge in [0.05, 0.1) is 0 Å². The van der Waals surface area contributed by atoms with Crippen LogP contribution in [0.25, 0.3) is 0 Å². The van der Waals surface area contributed by atoms with E-state index in [1.165, 1.54) is 12.1 Å². The van der Waals surface area contributed by atoms with E-state index < -0.39 is 11.6 Å². The Balaban J connectivity index is 2.47. The van der Waals surface area contributed by atoms with Crippen LogP contribution in [0.2, 0.25) is 0 Å². The Kier molecular flexibility index (Phi) is 6.42. The first-order valence-corrected chi connectivity index (χ1v) is 6.41. The molecular weight excluding hydrogens is 252 g/mol. The van der Waals surface area contributed by atoms with Gasteiger partial charge < -0.3 is 10.4 Å². The summed E-state index contributed by atoms with van der Waals surface area (Å²) in [5.74, 6) is -2.01. The minimum atomic E-state index is -0.898. The molecule has 2 N–H and O–H groups in total. The van der Waals surface area contributed by atoms with Gasteiger partial charge in [-0.05, 0) is 30.9 Å². The number of hydrogen-bond donors (Lipinski definition) is 2. The van der Waals surface area contributed by atoms with Gasteiger partial charge >= 0.3 is 0 Å². The van der Waals surface area contributed by atoms with E-state index in [-0.39, 0.29) is 37.0 Å². The highest BCUT2D eigenvalue weighted by Crippen LogP contribution is 2.13. The molecular formula is C14H19F2NO2. The van der Waals surface area contributed by atoms with Crippen LogP contribution in [-0.4, -0.2) is 23.7 Å². The van der Waals surface area contributed by atoms with Crippen molar-refractivity contribution in [2.24, 2.45) is 0 Å². The molecule has 1 amide bonds. The number of carbonyl (C=O) groups excluding carboxylic acids is 1. The fraction of sp³-hybridized carbons (Fsp3) is 0.500. The molecule has 19 heavy (non-hydrogen) atoms. The Labute approximate surface area is 111 Å². The molecule has 0 aliphatic carbocycles. The van der Waals surface area contributed by atoms with Crippen LogP contribution in [0.5, 0.6) is 0 Å². The van der Waals surface area contributed by atoms with Crippen LogP contribution >= 0.6 is 0 Å². The highest BCUT2D eigenvalue weighted by Gasteiger charge is 2.12. The second-order valence-corrected chi connectivity index (χ2v) is 4.40. The van der Waals surface area contributed by atoms with E-state index >= 15 is 0 Å². The van der Waals surface area contributed by atoms with Crippen LogP contribution in [0.15, 0.2) is 18.2 Å². The largest absolute Gasteiger partial charge is 0.396 e. The van der Waals surface area contributed by atoms with Crippen molar-refractivity contribution in [1.82, 2.24) is 5.32 Å². The molecule has 106 valence electrons. The maximum absolute atomic E-state index is 13.4. The van der Waals surface area contributed by atoms with E-state index in [0.717, 1.165) is 12.5 Å². The van der Waals surface area contributed by atoms with Crippen LogP contribution in [-0.2, 0) is 11.2 Å². The minimum Gasteiger partial charge on any atom is -0.396 e. The molecule has 0 spiro atoms. The van der Waals surface area contributed by atoms with Gasteiger partial charge in [-0.2, -0.15) is 0 Å². The van der Waals surface area contributed by atoms with Gasteiger partial charge in [-0.15, -0.1) is 0 Å². The van der Waals surface area contributed by atoms with E-state index in [2.05, 4.69) is 5.32 Å². The van der Waals surface area contributed by atoms with Crippen molar-refractivity contribution in [1.29, 1.82) is 0 Å². The lowest BCUT2D eigenvalue weighted by molar-refractivity contribution is -0.121. The van der Waals surface area contributed by atoms with Crippen molar-refractivity contribution in [2.45, 2.75) is 38.6 Å². The SMILES string of the molecule is CCC(CCO)NC(=O)CCc1cccc(F)c1F. The Hall–Kier alpha value is -1.49. The van der Waals surface area contributed by atoms with Crippen LogP contribution in [0.1, 0.15) is 31.7 Å². The molecule has 5 heteroatoms. The second-order valence-electron chi connectivity index (χ2n) is 4.40. The average molecular weight is 271 g/mol. The molecule has 0 aromatic heterocycles. The number of hydrogen-bond acceptors (Lipinski definition) is 2. The highest BCUT2D eigenvalue weighted by atomic mass is 19.2. The summed E-state index contributed by atoms with van der Waals surface area (Å²) in [6.45, 7) is 1.92. The number of rotatable bonds is 7. The van der Waals surface area contributed by atoms with Crippen molar-refractivity contribution >= 4 is 5.91 Å². The van der Waals surface area contributed by atoms with Gasteiger partial charge in [-0.1, -0.05) is 19.1 Å². The molecule has 0 fully saturated rings. The average Bonchev–Trinajstić information content (AvgIpc) is 2.40. The van der Waals surface area contributed by atoms with E-state index in [1.54, 1.807) is 0 Å². The third kappa shape index (κ3) is 4.95. The molecule has 0 aliphatic heterocycles. The molecule has 0 saturated heterocycles. The zero-order chi connectivity index (χ0) is 14.3. The summed E-state index contributed by atoms with van der Waals surface area (Å²) in [7, 11) is 0. The molecule has 1 rings (SSSR count). The predicted octanol–water partition coefficient (Wildman–Crippen LogP) is 2.17. The zero-order valence-electron chi connectivity index (χ0n) is 11.0. The number of halogens is 2. The lowest BCUT2D eigenvalue weighted by atomic mass is 10.1. The minimum absolute atomic E-state index is 0.0112. The second kappa shape index (κ2) is 7.84. The Morgan fingerprint density at radius 2 is 2.16 bits per heavy atom. The van der Waals surface area contributed by atoms with Crippen LogP contribution in [0.4, 0.5) is 8.78 Å². The van der Waals surface area contributed by atoms with Crippen molar-refractivity contribution in [3.8, 4) is 0 Å². The number of nitrogens with one attached hydrogen (secondary N) is 1. The number of aliphatic hydroxyl groups is 1. The molecule has 0 aliphatic rings. The quantitative estimate of drug-likeness (QED) is 0.798. The van der Waals surface area contributed by atoms with E-state index in [0.29, 0.717) is 6.42 Å². The molecule has 0 radical (unpaired) electrons. The zero-order valence-corrected chi connectivity index (χ0v) is 11.0. The summed E-state index contributed by atoms with van der Waals surface area (Å²) in [6, 6.07) is 3.87. The Morgan fingerprint density at radius 1 is 1.42 bits per heavy atom. The topological polar surface area (TPSA) is 49.3 Å². The fourth-order valence-corrected chi connectivity index (χ4v) is 1.82. The number of amides is 1. The molecule has 0 heterocycles. The lowest BCUT2D eigenvalue weighted by Gasteiger charge is -2.15. The third-order valence-corrected chi connectivity index (χ3v) is 2.99. The van der Waals surface area contributed by atoms with E-state index in [4.69, 9.17) is 5.11 Å². The van der Waals surface area contributed by atoms with E-state index in [1.807, 2.05) is 6.92 Å². The first-order valence-electron chi connectivity index (χ1n) is 6.41. The van der Waals surface area contributed by atoms with Crippen LogP contribution < -0.4 is 5.32 Å². The maximum Gasteiger partial charge on any atom is 0.220 e. The predicted molar refractivity (Wildman–Crippen MR) is 68.6 cm³/mol. The molecule has 3 nitrogen and oxygen atoms in total. The van der Waals surface area contributed by atoms with Crippen molar-refractivity contribution in [3.05, 3.63) is 35.4 Å². The standard InChI is InChI=1S/C14H19F2NO2/c1-2-11(8-9-18)17-13(19)7-6-10-4-3-5-12(15)14(10)16/h3-5,11,18H,2,6-9H2,1H3,(H,17,19). The first-order chi connectivity index (χ1) is 9.08. The van der Waals surface area contributed by atoms with Gasteiger partial charge in [0.2, 0.25) is 5.91 Å².